The number of aromatic nitrogens is 1. The van der Waals surface area contributed by atoms with Gasteiger partial charge in [0, 0.05) is 5.56 Å². The number of anilines is 1. The van der Waals surface area contributed by atoms with Crippen molar-refractivity contribution in [2.24, 2.45) is 0 Å². The number of nitrogens with zero attached hydrogens (tertiary/aromatic N) is 2. The van der Waals surface area contributed by atoms with Gasteiger partial charge in [-0.2, -0.15) is 0 Å². The van der Waals surface area contributed by atoms with Crippen LogP contribution in [0.15, 0.2) is 96.6 Å². The van der Waals surface area contributed by atoms with Gasteiger partial charge in [0.15, 0.2) is 5.13 Å². The van der Waals surface area contributed by atoms with E-state index in [-0.39, 0.29) is 11.3 Å². The number of carbonyl (C=O) groups excluding carboxylic acids is 2. The number of thiazole rings is 1. The minimum Gasteiger partial charge on any atom is -0.507 e. The Kier molecular flexibility index (Phi) is 7.69. The fourth-order valence-electron chi connectivity index (χ4n) is 5.26. The molecule has 0 aliphatic carbocycles. The quantitative estimate of drug-likeness (QED) is 0.112. The van der Waals surface area contributed by atoms with Gasteiger partial charge >= 0.3 is 5.91 Å². The Bertz CT molecular complexity index is 1860. The van der Waals surface area contributed by atoms with Gasteiger partial charge in [0.2, 0.25) is 0 Å². The first-order valence-corrected chi connectivity index (χ1v) is 14.9. The zero-order valence-corrected chi connectivity index (χ0v) is 24.9. The van der Waals surface area contributed by atoms with Crippen molar-refractivity contribution in [3.8, 4) is 17.2 Å². The van der Waals surface area contributed by atoms with Crippen molar-refractivity contribution >= 4 is 44.1 Å². The molecule has 1 atom stereocenters. The molecule has 1 aromatic heterocycles. The summed E-state index contributed by atoms with van der Waals surface area (Å²) in [6.07, 6.45) is 0.864. The van der Waals surface area contributed by atoms with Crippen LogP contribution in [-0.4, -0.2) is 28.4 Å². The summed E-state index contributed by atoms with van der Waals surface area (Å²) in [5.41, 5.74) is 3.82. The number of rotatable bonds is 8. The minimum atomic E-state index is -0.933. The number of ketones is 1. The van der Waals surface area contributed by atoms with E-state index in [9.17, 15) is 14.7 Å². The van der Waals surface area contributed by atoms with Gasteiger partial charge in [-0.25, -0.2) is 4.98 Å². The summed E-state index contributed by atoms with van der Waals surface area (Å²) in [6, 6.07) is 26.5. The maximum atomic E-state index is 13.8. The Morgan fingerprint density at radius 1 is 0.907 bits per heavy atom. The van der Waals surface area contributed by atoms with Crippen LogP contribution in [0.25, 0.3) is 16.0 Å². The van der Waals surface area contributed by atoms with Crippen molar-refractivity contribution in [2.45, 2.75) is 33.2 Å². The second-order valence-corrected chi connectivity index (χ2v) is 11.5. The van der Waals surface area contributed by atoms with Crippen LogP contribution in [0.5, 0.6) is 17.2 Å². The highest BCUT2D eigenvalue weighted by Gasteiger charge is 2.48. The number of amides is 1. The number of ether oxygens (including phenoxy) is 2. The van der Waals surface area contributed by atoms with Crippen molar-refractivity contribution in [1.29, 1.82) is 0 Å². The predicted octanol–water partition coefficient (Wildman–Crippen LogP) is 8.12. The lowest BCUT2D eigenvalue weighted by atomic mass is 9.95. The van der Waals surface area contributed by atoms with Gasteiger partial charge in [0.1, 0.15) is 23.0 Å². The summed E-state index contributed by atoms with van der Waals surface area (Å²) in [5.74, 6) is 0.0305. The molecule has 1 saturated heterocycles. The van der Waals surface area contributed by atoms with Crippen LogP contribution in [0.1, 0.15) is 41.6 Å². The van der Waals surface area contributed by atoms with Gasteiger partial charge in [-0.15, -0.1) is 0 Å². The summed E-state index contributed by atoms with van der Waals surface area (Å²) in [5, 5.41) is 12.0. The van der Waals surface area contributed by atoms with Crippen LogP contribution in [0.4, 0.5) is 5.13 Å². The molecule has 1 aliphatic rings. The molecule has 2 heterocycles. The topological polar surface area (TPSA) is 89.0 Å². The van der Waals surface area contributed by atoms with E-state index in [1.165, 1.54) is 16.2 Å². The number of aliphatic hydroxyl groups excluding tert-OH is 1. The van der Waals surface area contributed by atoms with E-state index in [2.05, 4.69) is 0 Å². The number of benzene rings is 4. The monoisotopic (exact) mass is 590 g/mol. The summed E-state index contributed by atoms with van der Waals surface area (Å²) in [6.45, 7) is 6.57. The van der Waals surface area contributed by atoms with Crippen LogP contribution in [0, 0.1) is 13.8 Å². The van der Waals surface area contributed by atoms with Gasteiger partial charge in [0.05, 0.1) is 28.4 Å². The summed E-state index contributed by atoms with van der Waals surface area (Å²) >= 11 is 1.34. The predicted molar refractivity (Wildman–Crippen MR) is 169 cm³/mol. The molecule has 6 rings (SSSR count). The molecular weight excluding hydrogens is 560 g/mol. The van der Waals surface area contributed by atoms with Crippen molar-refractivity contribution < 1.29 is 24.2 Å². The van der Waals surface area contributed by atoms with Crippen LogP contribution >= 0.6 is 11.3 Å². The van der Waals surface area contributed by atoms with Gasteiger partial charge in [-0.1, -0.05) is 54.7 Å². The number of Topliss-reactive ketones (excluding diaryl/α,β-unsaturated/α-hetero) is 1. The van der Waals surface area contributed by atoms with Gasteiger partial charge in [0.25, 0.3) is 5.78 Å². The highest BCUT2D eigenvalue weighted by Crippen LogP contribution is 2.45. The van der Waals surface area contributed by atoms with Gasteiger partial charge < -0.3 is 14.6 Å². The van der Waals surface area contributed by atoms with E-state index in [0.717, 1.165) is 27.8 Å². The number of hydrogen-bond acceptors (Lipinski definition) is 7. The Hall–Kier alpha value is -4.95. The van der Waals surface area contributed by atoms with Crippen LogP contribution in [0.3, 0.4) is 0 Å². The Morgan fingerprint density at radius 3 is 2.40 bits per heavy atom. The standard InChI is InChI=1S/C35H30N2O5S/c1-4-17-41-25-15-13-23(14-16-25)32(38)29-31(24-9-8-12-27(20-24)42-26-10-6-5-7-11-26)37(34(40)33(29)39)35-36-30-22(3)18-21(2)19-28(30)43-35/h5-16,18-20,31,38H,4,17H2,1-3H3. The molecule has 43 heavy (non-hydrogen) atoms. The lowest BCUT2D eigenvalue weighted by Crippen LogP contribution is -2.29. The lowest BCUT2D eigenvalue weighted by molar-refractivity contribution is -0.132. The van der Waals surface area contributed by atoms with Gasteiger partial charge in [-0.05, 0) is 91.6 Å². The van der Waals surface area contributed by atoms with E-state index in [0.29, 0.717) is 40.1 Å². The number of aryl methyl sites for hydroxylation is 2. The molecule has 4 aromatic carbocycles. The first-order chi connectivity index (χ1) is 20.8. The fraction of sp³-hybridized carbons (Fsp3) is 0.171. The third kappa shape index (κ3) is 5.49. The zero-order valence-electron chi connectivity index (χ0n) is 24.0. The maximum Gasteiger partial charge on any atom is 0.301 e. The summed E-state index contributed by atoms with van der Waals surface area (Å²) in [4.78, 5) is 33.7. The molecule has 0 radical (unpaired) electrons. The summed E-state index contributed by atoms with van der Waals surface area (Å²) in [7, 11) is 0. The molecule has 0 bridgehead atoms. The molecule has 1 aliphatic heterocycles. The molecule has 1 fully saturated rings. The third-order valence-electron chi connectivity index (χ3n) is 7.22. The minimum absolute atomic E-state index is 0.0174. The Labute approximate surface area is 253 Å². The second-order valence-electron chi connectivity index (χ2n) is 10.5. The van der Waals surface area contributed by atoms with Crippen molar-refractivity contribution in [3.05, 3.63) is 119 Å². The highest BCUT2D eigenvalue weighted by molar-refractivity contribution is 7.22. The number of aliphatic hydroxyl groups is 1. The number of hydrogen-bond donors (Lipinski definition) is 1. The zero-order chi connectivity index (χ0) is 30.1. The van der Waals surface area contributed by atoms with E-state index in [4.69, 9.17) is 14.5 Å². The van der Waals surface area contributed by atoms with Crippen LogP contribution in [-0.2, 0) is 9.59 Å². The second kappa shape index (κ2) is 11.7. The van der Waals surface area contributed by atoms with E-state index >= 15 is 0 Å². The van der Waals surface area contributed by atoms with Gasteiger partial charge in [-0.3, -0.25) is 14.5 Å². The highest BCUT2D eigenvalue weighted by atomic mass is 32.1. The van der Waals surface area contributed by atoms with E-state index < -0.39 is 17.7 Å². The van der Waals surface area contributed by atoms with E-state index in [1.54, 1.807) is 36.4 Å². The first kappa shape index (κ1) is 28.2. The number of carbonyl (C=O) groups is 2. The molecule has 1 unspecified atom stereocenters. The Balaban J connectivity index is 1.49. The molecule has 1 N–H and O–H groups in total. The maximum absolute atomic E-state index is 13.8. The van der Waals surface area contributed by atoms with Crippen molar-refractivity contribution in [1.82, 2.24) is 4.98 Å². The molecule has 0 spiro atoms. The Morgan fingerprint density at radius 2 is 1.65 bits per heavy atom. The lowest BCUT2D eigenvalue weighted by Gasteiger charge is -2.23. The van der Waals surface area contributed by atoms with Crippen molar-refractivity contribution in [3.63, 3.8) is 0 Å². The SMILES string of the molecule is CCCOc1ccc(C(O)=C2C(=O)C(=O)N(c3nc4c(C)cc(C)cc4s3)C2c2cccc(Oc3ccccc3)c2)cc1. The third-order valence-corrected chi connectivity index (χ3v) is 8.22. The number of fused-ring (bicyclic) bond motifs is 1. The molecule has 5 aromatic rings. The smallest absolute Gasteiger partial charge is 0.301 e. The summed E-state index contributed by atoms with van der Waals surface area (Å²) < 4.78 is 12.7. The molecule has 1 amide bonds. The first-order valence-electron chi connectivity index (χ1n) is 14.1. The average Bonchev–Trinajstić information content (AvgIpc) is 3.55. The molecule has 7 nitrogen and oxygen atoms in total. The normalized spacial score (nSPS) is 16.2. The molecular formula is C35H30N2O5S. The molecule has 8 heteroatoms. The average molecular weight is 591 g/mol. The largest absolute Gasteiger partial charge is 0.507 e. The molecule has 0 saturated carbocycles. The van der Waals surface area contributed by atoms with Crippen LogP contribution < -0.4 is 14.4 Å². The van der Waals surface area contributed by atoms with Crippen LogP contribution in [0.2, 0.25) is 0 Å². The number of para-hydroxylation sites is 1. The molecule has 216 valence electrons. The van der Waals surface area contributed by atoms with Crippen molar-refractivity contribution in [2.75, 3.05) is 11.5 Å². The fourth-order valence-corrected chi connectivity index (χ4v) is 6.43. The van der Waals surface area contributed by atoms with E-state index in [1.807, 2.05) is 75.4 Å².